The number of hydrogen-bond donors (Lipinski definition) is 0. The molecule has 0 aliphatic carbocycles. The molecule has 0 bridgehead atoms. The zero-order valence-electron chi connectivity index (χ0n) is 33.0. The highest BCUT2D eigenvalue weighted by Gasteiger charge is 2.23. The van der Waals surface area contributed by atoms with Gasteiger partial charge in [-0.2, -0.15) is 5.10 Å². The van der Waals surface area contributed by atoms with E-state index in [4.69, 9.17) is 14.5 Å². The Morgan fingerprint density at radius 1 is 0.508 bits per heavy atom. The standard InChI is InChI=1S/C52H37N5OS/c1-30-50(31(2)57(54-30)36-14-6-5-7-15-36)34-22-25-49-42(26-34)43-27-35(28-46(52(43)59-49)56-44-19-11-8-16-38(44)39-17-9-12-20-45(39)56)51-32(3)55(33(4)53-51)37-23-24-48-41(29-37)40-18-10-13-21-47(40)58-48/h5-29H,1-4H3. The second-order valence-corrected chi connectivity index (χ2v) is 16.6. The quantitative estimate of drug-likeness (QED) is 0.175. The van der Waals surface area contributed by atoms with Gasteiger partial charge in [-0.25, -0.2) is 9.67 Å². The molecule has 7 heteroatoms. The Morgan fingerprint density at radius 3 is 1.97 bits per heavy atom. The number of thiophene rings is 1. The van der Waals surface area contributed by atoms with Crippen LogP contribution in [0.4, 0.5) is 0 Å². The molecule has 0 saturated carbocycles. The molecule has 0 unspecified atom stereocenters. The first-order valence-corrected chi connectivity index (χ1v) is 20.8. The van der Waals surface area contributed by atoms with E-state index in [1.54, 1.807) is 0 Å². The summed E-state index contributed by atoms with van der Waals surface area (Å²) in [5, 5.41) is 12.2. The van der Waals surface area contributed by atoms with Gasteiger partial charge in [0.25, 0.3) is 0 Å². The molecule has 0 radical (unpaired) electrons. The van der Waals surface area contributed by atoms with Gasteiger partial charge in [0, 0.05) is 65.2 Å². The third kappa shape index (κ3) is 4.98. The predicted octanol–water partition coefficient (Wildman–Crippen LogP) is 14.0. The molecule has 5 aromatic heterocycles. The molecule has 0 aliphatic rings. The second kappa shape index (κ2) is 12.6. The number of furan rings is 1. The fraction of sp³-hybridized carbons (Fsp3) is 0.0769. The van der Waals surface area contributed by atoms with E-state index in [9.17, 15) is 0 Å². The molecule has 7 aromatic carbocycles. The lowest BCUT2D eigenvalue weighted by molar-refractivity contribution is 0.669. The SMILES string of the molecule is Cc1nn(-c2ccccc2)c(C)c1-c1ccc2sc3c(-n4c5ccccc5c5ccccc54)cc(-c4nc(C)n(-c5ccc6oc7ccccc7c6c5)c4C)cc3c2c1. The highest BCUT2D eigenvalue weighted by molar-refractivity contribution is 7.26. The van der Waals surface area contributed by atoms with E-state index in [0.29, 0.717) is 0 Å². The largest absolute Gasteiger partial charge is 0.456 e. The number of benzene rings is 7. The Kier molecular flexibility index (Phi) is 7.26. The summed E-state index contributed by atoms with van der Waals surface area (Å²) in [5.74, 6) is 0.932. The van der Waals surface area contributed by atoms with Crippen molar-refractivity contribution >= 4 is 75.3 Å². The lowest BCUT2D eigenvalue weighted by Crippen LogP contribution is -1.99. The molecule has 0 saturated heterocycles. The third-order valence-electron chi connectivity index (χ3n) is 12.1. The number of rotatable bonds is 5. The molecule has 6 nitrogen and oxygen atoms in total. The Balaban J connectivity index is 1.11. The van der Waals surface area contributed by atoms with Crippen molar-refractivity contribution in [3.63, 3.8) is 0 Å². The van der Waals surface area contributed by atoms with Gasteiger partial charge in [-0.1, -0.05) is 78.9 Å². The molecule has 282 valence electrons. The third-order valence-corrected chi connectivity index (χ3v) is 13.3. The fourth-order valence-electron chi connectivity index (χ4n) is 9.53. The maximum atomic E-state index is 6.20. The van der Waals surface area contributed by atoms with Crippen LogP contribution < -0.4 is 0 Å². The van der Waals surface area contributed by atoms with E-state index >= 15 is 0 Å². The molecule has 59 heavy (non-hydrogen) atoms. The van der Waals surface area contributed by atoms with Gasteiger partial charge in [0.1, 0.15) is 17.0 Å². The number of fused-ring (bicyclic) bond motifs is 9. The van der Waals surface area contributed by atoms with Crippen LogP contribution in [0.15, 0.2) is 156 Å². The molecule has 0 spiro atoms. The second-order valence-electron chi connectivity index (χ2n) is 15.6. The normalized spacial score (nSPS) is 12.1. The molecule has 0 fully saturated rings. The van der Waals surface area contributed by atoms with Gasteiger partial charge in [-0.15, -0.1) is 11.3 Å². The summed E-state index contributed by atoms with van der Waals surface area (Å²) >= 11 is 1.86. The van der Waals surface area contributed by atoms with Gasteiger partial charge in [-0.3, -0.25) is 0 Å². The van der Waals surface area contributed by atoms with Gasteiger partial charge in [0.05, 0.1) is 38.5 Å². The van der Waals surface area contributed by atoms with E-state index in [1.807, 2.05) is 29.5 Å². The van der Waals surface area contributed by atoms with Crippen molar-refractivity contribution in [1.82, 2.24) is 23.9 Å². The van der Waals surface area contributed by atoms with Crippen LogP contribution in [0, 0.1) is 27.7 Å². The molecular formula is C52H37N5OS. The first-order chi connectivity index (χ1) is 28.9. The van der Waals surface area contributed by atoms with Crippen molar-refractivity contribution in [2.75, 3.05) is 0 Å². The predicted molar refractivity (Wildman–Crippen MR) is 245 cm³/mol. The van der Waals surface area contributed by atoms with E-state index in [1.165, 1.54) is 47.5 Å². The van der Waals surface area contributed by atoms with Gasteiger partial charge < -0.3 is 13.6 Å². The summed E-state index contributed by atoms with van der Waals surface area (Å²) in [6, 6.07) is 54.3. The number of nitrogens with zero attached hydrogens (tertiary/aromatic N) is 5. The Hall–Kier alpha value is -7.22. The Labute approximate surface area is 343 Å². The minimum Gasteiger partial charge on any atom is -0.456 e. The lowest BCUT2D eigenvalue weighted by Gasteiger charge is -2.13. The summed E-state index contributed by atoms with van der Waals surface area (Å²) in [7, 11) is 0. The molecule has 5 heterocycles. The van der Waals surface area contributed by atoms with Gasteiger partial charge in [0.15, 0.2) is 0 Å². The van der Waals surface area contributed by atoms with Crippen LogP contribution in [0.25, 0.3) is 103 Å². The van der Waals surface area contributed by atoms with Crippen molar-refractivity contribution < 1.29 is 4.42 Å². The van der Waals surface area contributed by atoms with Crippen molar-refractivity contribution in [3.8, 4) is 39.4 Å². The minimum atomic E-state index is 0.883. The summed E-state index contributed by atoms with van der Waals surface area (Å²) in [6.07, 6.45) is 0. The smallest absolute Gasteiger partial charge is 0.135 e. The number of hydrogen-bond acceptors (Lipinski definition) is 4. The Morgan fingerprint density at radius 2 is 1.19 bits per heavy atom. The van der Waals surface area contributed by atoms with Crippen LogP contribution in [-0.4, -0.2) is 23.9 Å². The summed E-state index contributed by atoms with van der Waals surface area (Å²) < 4.78 is 15.5. The molecule has 0 aliphatic heterocycles. The van der Waals surface area contributed by atoms with E-state index in [2.05, 4.69) is 175 Å². The number of para-hydroxylation sites is 4. The van der Waals surface area contributed by atoms with Crippen LogP contribution >= 0.6 is 11.3 Å². The minimum absolute atomic E-state index is 0.883. The average Bonchev–Trinajstić information content (AvgIpc) is 4.06. The molecule has 0 atom stereocenters. The summed E-state index contributed by atoms with van der Waals surface area (Å²) in [5.41, 5.74) is 15.0. The molecular weight excluding hydrogens is 743 g/mol. The first kappa shape index (κ1) is 33.9. The van der Waals surface area contributed by atoms with Crippen LogP contribution in [-0.2, 0) is 0 Å². The average molecular weight is 780 g/mol. The molecule has 0 N–H and O–H groups in total. The van der Waals surface area contributed by atoms with Crippen molar-refractivity contribution in [3.05, 3.63) is 175 Å². The topological polar surface area (TPSA) is 53.7 Å². The van der Waals surface area contributed by atoms with E-state index < -0.39 is 0 Å². The molecule has 12 rings (SSSR count). The van der Waals surface area contributed by atoms with Gasteiger partial charge in [0.2, 0.25) is 0 Å². The summed E-state index contributed by atoms with van der Waals surface area (Å²) in [6.45, 7) is 8.58. The molecule has 0 amide bonds. The number of aryl methyl sites for hydroxylation is 2. The van der Waals surface area contributed by atoms with Crippen molar-refractivity contribution in [1.29, 1.82) is 0 Å². The molecule has 12 aromatic rings. The van der Waals surface area contributed by atoms with E-state index in [0.717, 1.165) is 78.7 Å². The fourth-order valence-corrected chi connectivity index (χ4v) is 10.7. The maximum absolute atomic E-state index is 6.20. The maximum Gasteiger partial charge on any atom is 0.135 e. The zero-order chi connectivity index (χ0) is 39.5. The van der Waals surface area contributed by atoms with Gasteiger partial charge in [-0.05, 0) is 106 Å². The van der Waals surface area contributed by atoms with Crippen LogP contribution in [0.2, 0.25) is 0 Å². The van der Waals surface area contributed by atoms with Crippen LogP contribution in [0.3, 0.4) is 0 Å². The van der Waals surface area contributed by atoms with Crippen molar-refractivity contribution in [2.45, 2.75) is 27.7 Å². The highest BCUT2D eigenvalue weighted by atomic mass is 32.1. The monoisotopic (exact) mass is 779 g/mol. The van der Waals surface area contributed by atoms with Crippen LogP contribution in [0.1, 0.15) is 22.9 Å². The zero-order valence-corrected chi connectivity index (χ0v) is 33.8. The lowest BCUT2D eigenvalue weighted by atomic mass is 9.99. The number of imidazole rings is 1. The van der Waals surface area contributed by atoms with E-state index in [-0.39, 0.29) is 0 Å². The Bertz CT molecular complexity index is 3620. The first-order valence-electron chi connectivity index (χ1n) is 20.0. The number of aromatic nitrogens is 5. The van der Waals surface area contributed by atoms with Crippen molar-refractivity contribution in [2.24, 2.45) is 0 Å². The highest BCUT2D eigenvalue weighted by Crippen LogP contribution is 2.45. The van der Waals surface area contributed by atoms with Crippen LogP contribution in [0.5, 0.6) is 0 Å². The summed E-state index contributed by atoms with van der Waals surface area (Å²) in [4.78, 5) is 5.35. The van der Waals surface area contributed by atoms with Gasteiger partial charge >= 0.3 is 0 Å².